The van der Waals surface area contributed by atoms with E-state index in [4.69, 9.17) is 5.73 Å². The predicted octanol–water partition coefficient (Wildman–Crippen LogP) is 2.04. The molecule has 0 unspecified atom stereocenters. The van der Waals surface area contributed by atoms with Crippen LogP contribution in [0.3, 0.4) is 0 Å². The van der Waals surface area contributed by atoms with Gasteiger partial charge in [-0.05, 0) is 31.1 Å². The molecule has 3 rings (SSSR count). The van der Waals surface area contributed by atoms with Gasteiger partial charge in [0.05, 0.1) is 0 Å². The van der Waals surface area contributed by atoms with Crippen molar-refractivity contribution in [2.75, 3.05) is 5.73 Å². The Hall–Kier alpha value is -0.990. The molecule has 0 saturated heterocycles. The van der Waals surface area contributed by atoms with Crippen molar-refractivity contribution in [3.63, 3.8) is 0 Å². The fourth-order valence-electron chi connectivity index (χ4n) is 2.85. The van der Waals surface area contributed by atoms with Crippen molar-refractivity contribution in [3.8, 4) is 0 Å². The highest BCUT2D eigenvalue weighted by Crippen LogP contribution is 2.61. The fourth-order valence-corrected chi connectivity index (χ4v) is 2.85. The number of nitrogens with two attached hydrogens (primary N) is 1. The smallest absolute Gasteiger partial charge is 0.145 e. The molecular weight excluding hydrogens is 162 g/mol. The molecule has 3 nitrogen and oxygen atoms in total. The Labute approximate surface area is 77.7 Å². The van der Waals surface area contributed by atoms with Crippen LogP contribution in [-0.2, 0) is 0 Å². The van der Waals surface area contributed by atoms with E-state index in [1.165, 1.54) is 37.8 Å². The molecule has 0 bridgehead atoms. The first-order valence-electron chi connectivity index (χ1n) is 5.08. The lowest BCUT2D eigenvalue weighted by molar-refractivity contribution is 0.00760. The van der Waals surface area contributed by atoms with E-state index in [1.807, 2.05) is 6.07 Å². The van der Waals surface area contributed by atoms with Crippen LogP contribution >= 0.6 is 0 Å². The first-order chi connectivity index (χ1) is 6.27. The molecule has 13 heavy (non-hydrogen) atoms. The highest BCUT2D eigenvalue weighted by atomic mass is 15.2. The number of H-pyrrole nitrogens is 1. The van der Waals surface area contributed by atoms with E-state index in [-0.39, 0.29) is 0 Å². The Morgan fingerprint density at radius 2 is 2.23 bits per heavy atom. The zero-order valence-corrected chi connectivity index (χ0v) is 7.71. The molecule has 70 valence electrons. The Morgan fingerprint density at radius 1 is 1.46 bits per heavy atom. The molecule has 2 saturated carbocycles. The minimum Gasteiger partial charge on any atom is -0.382 e. The first kappa shape index (κ1) is 7.42. The van der Waals surface area contributed by atoms with Crippen LogP contribution in [0.1, 0.15) is 43.7 Å². The molecule has 2 aliphatic carbocycles. The highest BCUT2D eigenvalue weighted by molar-refractivity contribution is 5.31. The number of aromatic amines is 1. The van der Waals surface area contributed by atoms with Crippen LogP contribution in [0.25, 0.3) is 0 Å². The third-order valence-electron chi connectivity index (χ3n) is 3.83. The molecule has 3 heteroatoms. The second-order valence-corrected chi connectivity index (χ2v) is 4.71. The van der Waals surface area contributed by atoms with Crippen molar-refractivity contribution in [2.45, 2.75) is 38.0 Å². The van der Waals surface area contributed by atoms with Gasteiger partial charge in [0.1, 0.15) is 5.82 Å². The summed E-state index contributed by atoms with van der Waals surface area (Å²) in [5, 5.41) is 6.98. The van der Waals surface area contributed by atoms with Gasteiger partial charge < -0.3 is 5.73 Å². The van der Waals surface area contributed by atoms with Crippen LogP contribution in [0.5, 0.6) is 0 Å². The number of nitrogens with one attached hydrogen (secondary N) is 1. The summed E-state index contributed by atoms with van der Waals surface area (Å²) in [6.45, 7) is 0. The van der Waals surface area contributed by atoms with Gasteiger partial charge in [0.2, 0.25) is 0 Å². The van der Waals surface area contributed by atoms with Gasteiger partial charge in [0.25, 0.3) is 0 Å². The number of aromatic nitrogens is 2. The quantitative estimate of drug-likeness (QED) is 0.689. The molecule has 3 N–H and O–H groups in total. The van der Waals surface area contributed by atoms with Crippen LogP contribution in [-0.4, -0.2) is 10.2 Å². The fraction of sp³-hybridized carbons (Fsp3) is 0.700. The van der Waals surface area contributed by atoms with Crippen LogP contribution in [0.4, 0.5) is 5.82 Å². The van der Waals surface area contributed by atoms with E-state index < -0.39 is 0 Å². The molecule has 1 heterocycles. The average molecular weight is 177 g/mol. The minimum absolute atomic E-state index is 0.629. The van der Waals surface area contributed by atoms with Gasteiger partial charge in [-0.1, -0.05) is 6.42 Å². The number of hydrogen-bond donors (Lipinski definition) is 2. The monoisotopic (exact) mass is 177 g/mol. The van der Waals surface area contributed by atoms with Crippen LogP contribution in [0.15, 0.2) is 6.07 Å². The molecule has 2 fully saturated rings. The zero-order valence-electron chi connectivity index (χ0n) is 7.71. The highest BCUT2D eigenvalue weighted by Gasteiger charge is 2.48. The van der Waals surface area contributed by atoms with Gasteiger partial charge in [-0.15, -0.1) is 0 Å². The maximum atomic E-state index is 5.57. The Kier molecular flexibility index (Phi) is 1.30. The van der Waals surface area contributed by atoms with Crippen molar-refractivity contribution >= 4 is 5.82 Å². The summed E-state index contributed by atoms with van der Waals surface area (Å²) < 4.78 is 0. The number of nitrogens with zero attached hydrogens (tertiary/aromatic N) is 1. The largest absolute Gasteiger partial charge is 0.382 e. The maximum Gasteiger partial charge on any atom is 0.145 e. The third-order valence-corrected chi connectivity index (χ3v) is 3.83. The van der Waals surface area contributed by atoms with Gasteiger partial charge in [0.15, 0.2) is 0 Å². The Bertz CT molecular complexity index is 317. The molecule has 0 amide bonds. The van der Waals surface area contributed by atoms with Gasteiger partial charge in [-0.3, -0.25) is 5.10 Å². The van der Waals surface area contributed by atoms with Crippen molar-refractivity contribution in [1.29, 1.82) is 0 Å². The molecule has 0 atom stereocenters. The molecule has 1 aromatic rings. The second kappa shape index (κ2) is 2.28. The summed E-state index contributed by atoms with van der Waals surface area (Å²) in [5.41, 5.74) is 7.55. The molecule has 2 aliphatic rings. The van der Waals surface area contributed by atoms with Gasteiger partial charge in [0, 0.05) is 17.7 Å². The number of nitrogen functional groups attached to an aromatic ring is 1. The summed E-state index contributed by atoms with van der Waals surface area (Å²) in [7, 11) is 0. The maximum absolute atomic E-state index is 5.57. The summed E-state index contributed by atoms with van der Waals surface area (Å²) >= 11 is 0. The zero-order chi connectivity index (χ0) is 8.89. The molecule has 1 aromatic heterocycles. The van der Waals surface area contributed by atoms with E-state index in [9.17, 15) is 0 Å². The van der Waals surface area contributed by atoms with Crippen molar-refractivity contribution in [2.24, 2.45) is 5.41 Å². The molecule has 1 spiro atoms. The lowest BCUT2D eigenvalue weighted by atomic mass is 9.51. The standard InChI is InChI=1S/C10H15N3/c11-9-4-8(12-13-9)7-5-10(6-7)2-1-3-10/h4,7H,1-3,5-6H2,(H3,11,12,13). The van der Waals surface area contributed by atoms with Crippen LogP contribution in [0.2, 0.25) is 0 Å². The first-order valence-corrected chi connectivity index (χ1v) is 5.08. The lowest BCUT2D eigenvalue weighted by Gasteiger charge is -2.54. The molecule has 0 aliphatic heterocycles. The summed E-state index contributed by atoms with van der Waals surface area (Å²) in [6.07, 6.45) is 7.06. The number of anilines is 1. The Morgan fingerprint density at radius 3 is 2.69 bits per heavy atom. The lowest BCUT2D eigenvalue weighted by Crippen LogP contribution is -2.41. The predicted molar refractivity (Wildman–Crippen MR) is 51.3 cm³/mol. The molecule has 0 radical (unpaired) electrons. The average Bonchev–Trinajstić information content (AvgIpc) is 2.29. The van der Waals surface area contributed by atoms with Crippen molar-refractivity contribution in [1.82, 2.24) is 10.2 Å². The summed E-state index contributed by atoms with van der Waals surface area (Å²) in [6, 6.07) is 1.98. The molecular formula is C10H15N3. The van der Waals surface area contributed by atoms with Crippen molar-refractivity contribution in [3.05, 3.63) is 11.8 Å². The third kappa shape index (κ3) is 0.992. The normalized spacial score (nSPS) is 25.5. The van der Waals surface area contributed by atoms with E-state index in [1.54, 1.807) is 0 Å². The van der Waals surface area contributed by atoms with Crippen LogP contribution in [0, 0.1) is 5.41 Å². The van der Waals surface area contributed by atoms with E-state index in [0.29, 0.717) is 11.7 Å². The number of hydrogen-bond acceptors (Lipinski definition) is 2. The number of rotatable bonds is 1. The SMILES string of the molecule is Nc1cc(C2CC3(CCC3)C2)[nH]n1. The van der Waals surface area contributed by atoms with Gasteiger partial charge in [-0.2, -0.15) is 5.10 Å². The topological polar surface area (TPSA) is 54.7 Å². The van der Waals surface area contributed by atoms with E-state index in [0.717, 1.165) is 5.41 Å². The molecule has 0 aromatic carbocycles. The van der Waals surface area contributed by atoms with E-state index >= 15 is 0 Å². The van der Waals surface area contributed by atoms with Crippen molar-refractivity contribution < 1.29 is 0 Å². The van der Waals surface area contributed by atoms with E-state index in [2.05, 4.69) is 10.2 Å². The summed E-state index contributed by atoms with van der Waals surface area (Å²) in [5.74, 6) is 1.34. The van der Waals surface area contributed by atoms with Gasteiger partial charge in [-0.25, -0.2) is 0 Å². The summed E-state index contributed by atoms with van der Waals surface area (Å²) in [4.78, 5) is 0. The second-order valence-electron chi connectivity index (χ2n) is 4.71. The minimum atomic E-state index is 0.629. The van der Waals surface area contributed by atoms with Crippen LogP contribution < -0.4 is 5.73 Å². The van der Waals surface area contributed by atoms with Gasteiger partial charge >= 0.3 is 0 Å². The Balaban J connectivity index is 1.70.